The topological polar surface area (TPSA) is 111 Å². The van der Waals surface area contributed by atoms with Gasteiger partial charge in [-0.2, -0.15) is 0 Å². The largest absolute Gasteiger partial charge is 0.383 e. The predicted octanol–water partition coefficient (Wildman–Crippen LogP) is 0.784. The van der Waals surface area contributed by atoms with Crippen molar-refractivity contribution in [1.82, 2.24) is 10.6 Å². The Balaban J connectivity index is 2.61. The molecule has 0 heterocycles. The van der Waals surface area contributed by atoms with Crippen molar-refractivity contribution in [2.75, 3.05) is 20.3 Å². The number of carbonyl (C=O) groups is 2. The van der Waals surface area contributed by atoms with Crippen molar-refractivity contribution in [2.24, 2.45) is 0 Å². The molecule has 0 spiro atoms. The first-order chi connectivity index (χ1) is 10.3. The van der Waals surface area contributed by atoms with Gasteiger partial charge in [0.15, 0.2) is 0 Å². The number of benzene rings is 1. The Labute approximate surface area is 128 Å². The lowest BCUT2D eigenvalue weighted by Crippen LogP contribution is -2.42. The zero-order chi connectivity index (χ0) is 16.7. The molecule has 0 radical (unpaired) electrons. The summed E-state index contributed by atoms with van der Waals surface area (Å²) >= 11 is 0. The van der Waals surface area contributed by atoms with Crippen LogP contribution in [0.5, 0.6) is 0 Å². The van der Waals surface area contributed by atoms with Gasteiger partial charge in [0.25, 0.3) is 11.6 Å². The molecule has 0 aliphatic carbocycles. The van der Waals surface area contributed by atoms with E-state index in [-0.39, 0.29) is 29.7 Å². The van der Waals surface area contributed by atoms with Crippen molar-refractivity contribution in [3.05, 3.63) is 39.4 Å². The van der Waals surface area contributed by atoms with Crippen LogP contribution in [0, 0.1) is 17.0 Å². The van der Waals surface area contributed by atoms with Crippen LogP contribution in [0.4, 0.5) is 5.69 Å². The Morgan fingerprint density at radius 2 is 2.09 bits per heavy atom. The van der Waals surface area contributed by atoms with Gasteiger partial charge in [0.05, 0.1) is 18.1 Å². The van der Waals surface area contributed by atoms with Gasteiger partial charge < -0.3 is 15.4 Å². The number of rotatable bonds is 7. The van der Waals surface area contributed by atoms with Crippen LogP contribution in [0.25, 0.3) is 0 Å². The van der Waals surface area contributed by atoms with E-state index in [4.69, 9.17) is 4.74 Å². The highest BCUT2D eigenvalue weighted by Gasteiger charge is 2.15. The molecule has 0 saturated carbocycles. The quantitative estimate of drug-likeness (QED) is 0.571. The Kier molecular flexibility index (Phi) is 6.46. The molecule has 0 saturated heterocycles. The number of hydrogen-bond donors (Lipinski definition) is 2. The summed E-state index contributed by atoms with van der Waals surface area (Å²) in [6.07, 6.45) is 0. The molecule has 0 aliphatic heterocycles. The lowest BCUT2D eigenvalue weighted by molar-refractivity contribution is -0.385. The number of carbonyl (C=O) groups excluding carboxylic acids is 2. The van der Waals surface area contributed by atoms with Crippen molar-refractivity contribution in [3.63, 3.8) is 0 Å². The second-order valence-electron chi connectivity index (χ2n) is 4.86. The first-order valence-corrected chi connectivity index (χ1v) is 6.66. The van der Waals surface area contributed by atoms with E-state index in [1.807, 2.05) is 0 Å². The SMILES string of the molecule is COCC(C)NC(=O)CNC(=O)c1ccc(C)c([N+](=O)[O-])c1. The molecule has 1 unspecified atom stereocenters. The average molecular weight is 309 g/mol. The van der Waals surface area contributed by atoms with Crippen molar-refractivity contribution >= 4 is 17.5 Å². The molecular weight excluding hydrogens is 290 g/mol. The lowest BCUT2D eigenvalue weighted by Gasteiger charge is -2.13. The maximum atomic E-state index is 11.9. The molecular formula is C14H19N3O5. The summed E-state index contributed by atoms with van der Waals surface area (Å²) in [6.45, 7) is 3.51. The maximum absolute atomic E-state index is 11.9. The second kappa shape index (κ2) is 8.08. The van der Waals surface area contributed by atoms with Gasteiger partial charge in [-0.05, 0) is 19.9 Å². The molecule has 0 aliphatic rings. The van der Waals surface area contributed by atoms with E-state index in [2.05, 4.69) is 10.6 Å². The fourth-order valence-electron chi connectivity index (χ4n) is 1.83. The summed E-state index contributed by atoms with van der Waals surface area (Å²) in [5.41, 5.74) is 0.466. The van der Waals surface area contributed by atoms with Gasteiger partial charge >= 0.3 is 0 Å². The van der Waals surface area contributed by atoms with Crippen molar-refractivity contribution in [2.45, 2.75) is 19.9 Å². The monoisotopic (exact) mass is 309 g/mol. The van der Waals surface area contributed by atoms with E-state index in [1.165, 1.54) is 25.3 Å². The van der Waals surface area contributed by atoms with E-state index >= 15 is 0 Å². The molecule has 22 heavy (non-hydrogen) atoms. The van der Waals surface area contributed by atoms with E-state index in [9.17, 15) is 19.7 Å². The Bertz CT molecular complexity index is 574. The fourth-order valence-corrected chi connectivity index (χ4v) is 1.83. The molecule has 0 fully saturated rings. The van der Waals surface area contributed by atoms with Crippen LogP contribution in [0.3, 0.4) is 0 Å². The van der Waals surface area contributed by atoms with E-state index in [1.54, 1.807) is 13.8 Å². The third-order valence-corrected chi connectivity index (χ3v) is 2.90. The van der Waals surface area contributed by atoms with Crippen LogP contribution >= 0.6 is 0 Å². The second-order valence-corrected chi connectivity index (χ2v) is 4.86. The van der Waals surface area contributed by atoms with Crippen LogP contribution in [0.1, 0.15) is 22.8 Å². The summed E-state index contributed by atoms with van der Waals surface area (Å²) in [5.74, 6) is -0.905. The molecule has 120 valence electrons. The first-order valence-electron chi connectivity index (χ1n) is 6.66. The van der Waals surface area contributed by atoms with Gasteiger partial charge in [0.2, 0.25) is 5.91 Å². The van der Waals surface area contributed by atoms with Gasteiger partial charge in [-0.15, -0.1) is 0 Å². The molecule has 1 aromatic rings. The van der Waals surface area contributed by atoms with Gasteiger partial charge in [0, 0.05) is 30.3 Å². The number of ether oxygens (including phenoxy) is 1. The Hall–Kier alpha value is -2.48. The molecule has 2 N–H and O–H groups in total. The number of nitrogens with zero attached hydrogens (tertiary/aromatic N) is 1. The predicted molar refractivity (Wildman–Crippen MR) is 79.6 cm³/mol. The van der Waals surface area contributed by atoms with Crippen LogP contribution in [0.2, 0.25) is 0 Å². The summed E-state index contributed by atoms with van der Waals surface area (Å²) in [5, 5.41) is 15.9. The number of nitro groups is 1. The fraction of sp³-hybridized carbons (Fsp3) is 0.429. The maximum Gasteiger partial charge on any atom is 0.273 e. The normalized spacial score (nSPS) is 11.6. The molecule has 1 rings (SSSR count). The van der Waals surface area contributed by atoms with Gasteiger partial charge in [-0.25, -0.2) is 0 Å². The number of amides is 2. The minimum absolute atomic E-state index is 0.134. The standard InChI is InChI=1S/C14H19N3O5/c1-9-4-5-11(6-12(9)17(20)21)14(19)15-7-13(18)16-10(2)8-22-3/h4-6,10H,7-8H2,1-3H3,(H,15,19)(H,16,18). The molecule has 0 bridgehead atoms. The van der Waals surface area contributed by atoms with E-state index in [0.717, 1.165) is 0 Å². The number of aryl methyl sites for hydroxylation is 1. The number of hydrogen-bond acceptors (Lipinski definition) is 5. The molecule has 0 aromatic heterocycles. The zero-order valence-corrected chi connectivity index (χ0v) is 12.7. The number of methoxy groups -OCH3 is 1. The van der Waals surface area contributed by atoms with Crippen molar-refractivity contribution in [3.8, 4) is 0 Å². The number of nitrogens with one attached hydrogen (secondary N) is 2. The minimum atomic E-state index is -0.550. The van der Waals surface area contributed by atoms with Gasteiger partial charge in [0.1, 0.15) is 0 Å². The van der Waals surface area contributed by atoms with Crippen LogP contribution in [0.15, 0.2) is 18.2 Å². The highest BCUT2D eigenvalue weighted by molar-refractivity contribution is 5.97. The Morgan fingerprint density at radius 3 is 2.68 bits per heavy atom. The molecule has 2 amide bonds. The van der Waals surface area contributed by atoms with Gasteiger partial charge in [-0.1, -0.05) is 6.07 Å². The van der Waals surface area contributed by atoms with E-state index in [0.29, 0.717) is 12.2 Å². The van der Waals surface area contributed by atoms with Crippen LogP contribution in [-0.2, 0) is 9.53 Å². The number of nitro benzene ring substituents is 1. The molecule has 1 atom stereocenters. The third-order valence-electron chi connectivity index (χ3n) is 2.90. The molecule has 8 nitrogen and oxygen atoms in total. The minimum Gasteiger partial charge on any atom is -0.383 e. The summed E-state index contributed by atoms with van der Waals surface area (Å²) in [7, 11) is 1.52. The lowest BCUT2D eigenvalue weighted by atomic mass is 10.1. The van der Waals surface area contributed by atoms with Gasteiger partial charge in [-0.3, -0.25) is 19.7 Å². The molecule has 1 aromatic carbocycles. The summed E-state index contributed by atoms with van der Waals surface area (Å²) in [6, 6.07) is 3.99. The van der Waals surface area contributed by atoms with Crippen LogP contribution in [-0.4, -0.2) is 43.0 Å². The first kappa shape index (κ1) is 17.6. The van der Waals surface area contributed by atoms with E-state index < -0.39 is 10.8 Å². The van der Waals surface area contributed by atoms with Crippen LogP contribution < -0.4 is 10.6 Å². The third kappa shape index (κ3) is 5.13. The molecule has 8 heteroatoms. The highest BCUT2D eigenvalue weighted by Crippen LogP contribution is 2.19. The average Bonchev–Trinajstić information content (AvgIpc) is 2.45. The Morgan fingerprint density at radius 1 is 1.41 bits per heavy atom. The van der Waals surface area contributed by atoms with Crippen molar-refractivity contribution in [1.29, 1.82) is 0 Å². The summed E-state index contributed by atoms with van der Waals surface area (Å²) < 4.78 is 4.88. The highest BCUT2D eigenvalue weighted by atomic mass is 16.6. The summed E-state index contributed by atoms with van der Waals surface area (Å²) in [4.78, 5) is 33.8. The van der Waals surface area contributed by atoms with Crippen molar-refractivity contribution < 1.29 is 19.2 Å². The smallest absolute Gasteiger partial charge is 0.273 e. The zero-order valence-electron chi connectivity index (χ0n) is 12.7.